The Kier molecular flexibility index (Phi) is 4.52. The molecule has 0 aromatic heterocycles. The van der Waals surface area contributed by atoms with Gasteiger partial charge in [0.1, 0.15) is 0 Å². The highest BCUT2D eigenvalue weighted by Crippen LogP contribution is 2.30. The van der Waals surface area contributed by atoms with Crippen LogP contribution in [0.4, 0.5) is 5.69 Å². The van der Waals surface area contributed by atoms with Crippen LogP contribution in [0.5, 0.6) is 0 Å². The monoisotopic (exact) mass is 336 g/mol. The summed E-state index contributed by atoms with van der Waals surface area (Å²) in [6.45, 7) is 0.275. The van der Waals surface area contributed by atoms with Crippen molar-refractivity contribution in [2.75, 3.05) is 18.1 Å². The van der Waals surface area contributed by atoms with E-state index in [1.807, 2.05) is 0 Å². The minimum atomic E-state index is -0.611. The van der Waals surface area contributed by atoms with Gasteiger partial charge in [-0.05, 0) is 37.5 Å². The quantitative estimate of drug-likeness (QED) is 0.833. The molecule has 7 heteroatoms. The fourth-order valence-electron chi connectivity index (χ4n) is 2.46. The van der Waals surface area contributed by atoms with Crippen LogP contribution in [0.2, 0.25) is 5.02 Å². The standard InChI is InChI=1S/C16H17ClN2O4/c17-12-6-3-10(8-13(12)19-7-1-2-15(19)21)16(22)23-9-14(20)18-11-4-5-11/h3,6,8,11H,1-2,4-5,7,9H2,(H,18,20). The van der Waals surface area contributed by atoms with E-state index >= 15 is 0 Å². The lowest BCUT2D eigenvalue weighted by Crippen LogP contribution is -2.30. The summed E-state index contributed by atoms with van der Waals surface area (Å²) < 4.78 is 5.01. The summed E-state index contributed by atoms with van der Waals surface area (Å²) in [5, 5.41) is 3.15. The Bertz CT molecular complexity index is 657. The smallest absolute Gasteiger partial charge is 0.338 e. The molecule has 1 aromatic rings. The van der Waals surface area contributed by atoms with Crippen LogP contribution in [0, 0.1) is 0 Å². The molecule has 0 spiro atoms. The Labute approximate surface area is 138 Å². The van der Waals surface area contributed by atoms with Gasteiger partial charge in [-0.15, -0.1) is 0 Å². The molecule has 1 saturated carbocycles. The molecule has 0 unspecified atom stereocenters. The summed E-state index contributed by atoms with van der Waals surface area (Å²) >= 11 is 6.13. The normalized spacial score (nSPS) is 17.3. The molecule has 0 radical (unpaired) electrons. The molecule has 6 nitrogen and oxygen atoms in total. The van der Waals surface area contributed by atoms with Gasteiger partial charge >= 0.3 is 5.97 Å². The van der Waals surface area contributed by atoms with E-state index in [9.17, 15) is 14.4 Å². The topological polar surface area (TPSA) is 75.7 Å². The third kappa shape index (κ3) is 3.82. The maximum atomic E-state index is 12.1. The molecule has 0 bridgehead atoms. The van der Waals surface area contributed by atoms with Crippen LogP contribution >= 0.6 is 11.6 Å². The van der Waals surface area contributed by atoms with Gasteiger partial charge in [0.25, 0.3) is 5.91 Å². The third-order valence-corrected chi connectivity index (χ3v) is 4.14. The predicted octanol–water partition coefficient (Wildman–Crippen LogP) is 1.90. The molecule has 1 aliphatic heterocycles. The minimum Gasteiger partial charge on any atom is -0.452 e. The van der Waals surface area contributed by atoms with E-state index < -0.39 is 5.97 Å². The molecule has 23 heavy (non-hydrogen) atoms. The average molecular weight is 337 g/mol. The van der Waals surface area contributed by atoms with E-state index in [1.165, 1.54) is 12.1 Å². The van der Waals surface area contributed by atoms with Crippen molar-refractivity contribution in [1.29, 1.82) is 0 Å². The highest BCUT2D eigenvalue weighted by molar-refractivity contribution is 6.34. The lowest BCUT2D eigenvalue weighted by molar-refractivity contribution is -0.124. The van der Waals surface area contributed by atoms with Gasteiger partial charge in [-0.25, -0.2) is 4.79 Å². The number of nitrogens with one attached hydrogen (secondary N) is 1. The number of hydrogen-bond donors (Lipinski definition) is 1. The molecule has 1 N–H and O–H groups in total. The van der Waals surface area contributed by atoms with E-state index in [-0.39, 0.29) is 30.0 Å². The molecule has 1 saturated heterocycles. The van der Waals surface area contributed by atoms with Crippen molar-refractivity contribution >= 4 is 35.1 Å². The molecule has 2 aliphatic rings. The second-order valence-electron chi connectivity index (χ2n) is 5.73. The fourth-order valence-corrected chi connectivity index (χ4v) is 2.68. The van der Waals surface area contributed by atoms with Gasteiger partial charge in [0.05, 0.1) is 16.3 Å². The first-order valence-electron chi connectivity index (χ1n) is 7.61. The fraction of sp³-hybridized carbons (Fsp3) is 0.438. The number of amides is 2. The number of benzene rings is 1. The Balaban J connectivity index is 1.65. The SMILES string of the molecule is O=C(COC(=O)c1ccc(Cl)c(N2CCCC2=O)c1)NC1CC1. The van der Waals surface area contributed by atoms with Crippen molar-refractivity contribution in [2.45, 2.75) is 31.7 Å². The molecule has 122 valence electrons. The lowest BCUT2D eigenvalue weighted by Gasteiger charge is -2.18. The Morgan fingerprint density at radius 2 is 2.13 bits per heavy atom. The van der Waals surface area contributed by atoms with Crippen molar-refractivity contribution in [2.24, 2.45) is 0 Å². The zero-order valence-electron chi connectivity index (χ0n) is 12.5. The average Bonchev–Trinajstić information content (AvgIpc) is 3.24. The van der Waals surface area contributed by atoms with Gasteiger partial charge in [0.2, 0.25) is 5.91 Å². The van der Waals surface area contributed by atoms with Gasteiger partial charge in [0, 0.05) is 19.0 Å². The third-order valence-electron chi connectivity index (χ3n) is 3.82. The van der Waals surface area contributed by atoms with Crippen molar-refractivity contribution in [3.8, 4) is 0 Å². The summed E-state index contributed by atoms with van der Waals surface area (Å²) in [7, 11) is 0. The number of ether oxygens (including phenoxy) is 1. The van der Waals surface area contributed by atoms with Crippen molar-refractivity contribution in [1.82, 2.24) is 5.32 Å². The number of nitrogens with zero attached hydrogens (tertiary/aromatic N) is 1. The van der Waals surface area contributed by atoms with Gasteiger partial charge in [0.15, 0.2) is 6.61 Å². The molecule has 1 heterocycles. The largest absolute Gasteiger partial charge is 0.452 e. The predicted molar refractivity (Wildman–Crippen MR) is 84.5 cm³/mol. The van der Waals surface area contributed by atoms with Gasteiger partial charge < -0.3 is 15.0 Å². The van der Waals surface area contributed by atoms with Crippen LogP contribution in [0.3, 0.4) is 0 Å². The minimum absolute atomic E-state index is 0.0128. The Hall–Kier alpha value is -2.08. The van der Waals surface area contributed by atoms with E-state index in [4.69, 9.17) is 16.3 Å². The highest BCUT2D eigenvalue weighted by Gasteiger charge is 2.26. The number of carbonyl (C=O) groups is 3. The van der Waals surface area contributed by atoms with Crippen molar-refractivity contribution in [3.63, 3.8) is 0 Å². The van der Waals surface area contributed by atoms with E-state index in [0.717, 1.165) is 19.3 Å². The summed E-state index contributed by atoms with van der Waals surface area (Å²) in [6.07, 6.45) is 3.20. The first-order valence-corrected chi connectivity index (χ1v) is 7.99. The summed E-state index contributed by atoms with van der Waals surface area (Å²) in [5.74, 6) is -0.925. The van der Waals surface area contributed by atoms with Crippen LogP contribution in [-0.2, 0) is 14.3 Å². The number of carbonyl (C=O) groups excluding carboxylic acids is 3. The number of anilines is 1. The van der Waals surface area contributed by atoms with E-state index in [1.54, 1.807) is 11.0 Å². The van der Waals surface area contributed by atoms with Gasteiger partial charge in [-0.1, -0.05) is 11.6 Å². The summed E-state index contributed by atoms with van der Waals surface area (Å²) in [6, 6.07) is 4.84. The van der Waals surface area contributed by atoms with Crippen LogP contribution in [0.25, 0.3) is 0 Å². The lowest BCUT2D eigenvalue weighted by atomic mass is 10.2. The molecule has 0 atom stereocenters. The van der Waals surface area contributed by atoms with Crippen LogP contribution in [0.15, 0.2) is 18.2 Å². The first-order chi connectivity index (χ1) is 11.0. The molecule has 3 rings (SSSR count). The van der Waals surface area contributed by atoms with Crippen molar-refractivity contribution < 1.29 is 19.1 Å². The van der Waals surface area contributed by atoms with Crippen molar-refractivity contribution in [3.05, 3.63) is 28.8 Å². The van der Waals surface area contributed by atoms with E-state index in [2.05, 4.69) is 5.32 Å². The molecule has 1 aliphatic carbocycles. The molecule has 2 amide bonds. The zero-order valence-corrected chi connectivity index (χ0v) is 13.3. The van der Waals surface area contributed by atoms with Crippen LogP contribution in [-0.4, -0.2) is 37.0 Å². The molecule has 2 fully saturated rings. The maximum Gasteiger partial charge on any atom is 0.338 e. The number of hydrogen-bond acceptors (Lipinski definition) is 4. The molecular weight excluding hydrogens is 320 g/mol. The second kappa shape index (κ2) is 6.58. The van der Waals surface area contributed by atoms with Gasteiger partial charge in [-0.2, -0.15) is 0 Å². The Morgan fingerprint density at radius 3 is 2.78 bits per heavy atom. The molecule has 1 aromatic carbocycles. The highest BCUT2D eigenvalue weighted by atomic mass is 35.5. The van der Waals surface area contributed by atoms with E-state index in [0.29, 0.717) is 23.7 Å². The van der Waals surface area contributed by atoms with Gasteiger partial charge in [-0.3, -0.25) is 9.59 Å². The molecular formula is C16H17ClN2O4. The second-order valence-corrected chi connectivity index (χ2v) is 6.14. The summed E-state index contributed by atoms with van der Waals surface area (Å²) in [5.41, 5.74) is 0.773. The summed E-state index contributed by atoms with van der Waals surface area (Å²) in [4.78, 5) is 37.0. The number of halogens is 1. The Morgan fingerprint density at radius 1 is 1.35 bits per heavy atom. The van der Waals surface area contributed by atoms with Crippen LogP contribution in [0.1, 0.15) is 36.0 Å². The van der Waals surface area contributed by atoms with Crippen LogP contribution < -0.4 is 10.2 Å². The number of rotatable bonds is 5. The number of esters is 1. The zero-order chi connectivity index (χ0) is 16.4. The first kappa shape index (κ1) is 15.8. The maximum absolute atomic E-state index is 12.1.